The summed E-state index contributed by atoms with van der Waals surface area (Å²) in [4.78, 5) is 8.88. The molecule has 0 radical (unpaired) electrons. The molecule has 6 heteroatoms. The first kappa shape index (κ1) is 17.8. The van der Waals surface area contributed by atoms with Crippen molar-refractivity contribution >= 4 is 11.8 Å². The highest BCUT2D eigenvalue weighted by Crippen LogP contribution is 2.27. The lowest BCUT2D eigenvalue weighted by Gasteiger charge is -2.12. The Balaban J connectivity index is 1.98. The van der Waals surface area contributed by atoms with E-state index >= 15 is 0 Å². The van der Waals surface area contributed by atoms with Gasteiger partial charge >= 0.3 is 0 Å². The zero-order valence-corrected chi connectivity index (χ0v) is 15.0. The van der Waals surface area contributed by atoms with E-state index in [1.807, 2.05) is 31.2 Å². The third kappa shape index (κ3) is 5.01. The highest BCUT2D eigenvalue weighted by atomic mass is 16.5. The number of nitrogens with zero attached hydrogens (tertiary/aromatic N) is 2. The molecule has 1 heterocycles. The molecule has 2 rings (SSSR count). The molecule has 6 nitrogen and oxygen atoms in total. The molecule has 2 aromatic rings. The molecule has 0 spiro atoms. The van der Waals surface area contributed by atoms with Crippen molar-refractivity contribution in [2.45, 2.75) is 33.2 Å². The second-order valence-corrected chi connectivity index (χ2v) is 5.88. The van der Waals surface area contributed by atoms with Crippen LogP contribution in [0, 0.1) is 6.92 Å². The van der Waals surface area contributed by atoms with E-state index < -0.39 is 0 Å². The van der Waals surface area contributed by atoms with Crippen LogP contribution >= 0.6 is 0 Å². The number of methoxy groups -OCH3 is 2. The number of anilines is 2. The topological polar surface area (TPSA) is 68.3 Å². The summed E-state index contributed by atoms with van der Waals surface area (Å²) in [5, 5.41) is 6.58. The summed E-state index contributed by atoms with van der Waals surface area (Å²) in [5.41, 5.74) is 2.10. The molecule has 0 fully saturated rings. The van der Waals surface area contributed by atoms with Gasteiger partial charge in [-0.05, 0) is 44.9 Å². The van der Waals surface area contributed by atoms with Crippen molar-refractivity contribution in [1.82, 2.24) is 9.97 Å². The first-order valence-corrected chi connectivity index (χ1v) is 8.09. The highest BCUT2D eigenvalue weighted by Gasteiger charge is 2.06. The molecule has 0 bridgehead atoms. The molecule has 0 aliphatic carbocycles. The molecule has 1 aromatic heterocycles. The van der Waals surface area contributed by atoms with Crippen molar-refractivity contribution in [1.29, 1.82) is 0 Å². The summed E-state index contributed by atoms with van der Waals surface area (Å²) in [5.74, 6) is 2.96. The van der Waals surface area contributed by atoms with Gasteiger partial charge in [0.05, 0.1) is 14.2 Å². The fourth-order valence-electron chi connectivity index (χ4n) is 2.35. The van der Waals surface area contributed by atoms with Crippen LogP contribution in [0.5, 0.6) is 11.5 Å². The van der Waals surface area contributed by atoms with Gasteiger partial charge in [0.2, 0.25) is 5.95 Å². The number of hydrogen-bond acceptors (Lipinski definition) is 6. The van der Waals surface area contributed by atoms with E-state index in [9.17, 15) is 0 Å². The third-order valence-electron chi connectivity index (χ3n) is 3.44. The van der Waals surface area contributed by atoms with Crippen LogP contribution in [-0.4, -0.2) is 36.8 Å². The van der Waals surface area contributed by atoms with E-state index in [-0.39, 0.29) is 0 Å². The normalized spacial score (nSPS) is 10.6. The molecular formula is C18H26N4O2. The zero-order chi connectivity index (χ0) is 17.5. The van der Waals surface area contributed by atoms with E-state index in [0.717, 1.165) is 36.0 Å². The van der Waals surface area contributed by atoms with Crippen LogP contribution < -0.4 is 20.1 Å². The minimum Gasteiger partial charge on any atom is -0.493 e. The number of aromatic nitrogens is 2. The monoisotopic (exact) mass is 330 g/mol. The van der Waals surface area contributed by atoms with Crippen LogP contribution in [0.2, 0.25) is 0 Å². The van der Waals surface area contributed by atoms with Crippen LogP contribution in [-0.2, 0) is 6.42 Å². The minimum atomic E-state index is 0.298. The largest absolute Gasteiger partial charge is 0.493 e. The van der Waals surface area contributed by atoms with E-state index in [1.54, 1.807) is 14.2 Å². The van der Waals surface area contributed by atoms with Crippen LogP contribution in [0.1, 0.15) is 25.1 Å². The predicted molar refractivity (Wildman–Crippen MR) is 97.3 cm³/mol. The Morgan fingerprint density at radius 1 is 1.04 bits per heavy atom. The van der Waals surface area contributed by atoms with E-state index in [4.69, 9.17) is 9.47 Å². The van der Waals surface area contributed by atoms with Gasteiger partial charge in [-0.15, -0.1) is 0 Å². The molecule has 24 heavy (non-hydrogen) atoms. The van der Waals surface area contributed by atoms with Crippen molar-refractivity contribution in [2.75, 3.05) is 31.4 Å². The standard InChI is InChI=1S/C18H26N4O2/c1-12(2)20-18-21-13(3)10-17(22-18)19-9-8-14-6-7-15(23-4)16(11-14)24-5/h6-7,10-12H,8-9H2,1-5H3,(H2,19,20,21,22). The minimum absolute atomic E-state index is 0.298. The summed E-state index contributed by atoms with van der Waals surface area (Å²) >= 11 is 0. The number of rotatable bonds is 8. The Morgan fingerprint density at radius 2 is 1.79 bits per heavy atom. The fraction of sp³-hybridized carbons (Fsp3) is 0.444. The number of nitrogens with one attached hydrogen (secondary N) is 2. The van der Waals surface area contributed by atoms with Crippen LogP contribution in [0.4, 0.5) is 11.8 Å². The van der Waals surface area contributed by atoms with Gasteiger partial charge in [-0.25, -0.2) is 4.98 Å². The Labute approximate surface area is 143 Å². The van der Waals surface area contributed by atoms with Crippen molar-refractivity contribution in [2.24, 2.45) is 0 Å². The smallest absolute Gasteiger partial charge is 0.225 e. The summed E-state index contributed by atoms with van der Waals surface area (Å²) < 4.78 is 10.6. The number of ether oxygens (including phenoxy) is 2. The number of hydrogen-bond donors (Lipinski definition) is 2. The Kier molecular flexibility index (Phi) is 6.23. The maximum absolute atomic E-state index is 5.34. The molecule has 0 atom stereocenters. The van der Waals surface area contributed by atoms with Gasteiger partial charge in [-0.1, -0.05) is 6.07 Å². The van der Waals surface area contributed by atoms with Gasteiger partial charge in [-0.3, -0.25) is 0 Å². The maximum Gasteiger partial charge on any atom is 0.225 e. The van der Waals surface area contributed by atoms with Crippen LogP contribution in [0.25, 0.3) is 0 Å². The molecular weight excluding hydrogens is 304 g/mol. The zero-order valence-electron chi connectivity index (χ0n) is 15.0. The average Bonchev–Trinajstić information content (AvgIpc) is 2.53. The molecule has 0 amide bonds. The van der Waals surface area contributed by atoms with Crippen molar-refractivity contribution in [3.63, 3.8) is 0 Å². The summed E-state index contributed by atoms with van der Waals surface area (Å²) in [6.45, 7) is 6.87. The lowest BCUT2D eigenvalue weighted by Crippen LogP contribution is -2.14. The Hall–Kier alpha value is -2.50. The third-order valence-corrected chi connectivity index (χ3v) is 3.44. The molecule has 0 aliphatic heterocycles. The molecule has 130 valence electrons. The number of aryl methyl sites for hydroxylation is 1. The molecule has 0 aliphatic rings. The maximum atomic E-state index is 5.34. The van der Waals surface area contributed by atoms with E-state index in [0.29, 0.717) is 12.0 Å². The predicted octanol–water partition coefficient (Wildman–Crippen LogP) is 3.28. The number of benzene rings is 1. The molecule has 2 N–H and O–H groups in total. The first-order chi connectivity index (χ1) is 11.5. The molecule has 0 saturated carbocycles. The van der Waals surface area contributed by atoms with Crippen molar-refractivity contribution in [3.05, 3.63) is 35.5 Å². The summed E-state index contributed by atoms with van der Waals surface area (Å²) in [6.07, 6.45) is 0.857. The second kappa shape index (κ2) is 8.38. The summed E-state index contributed by atoms with van der Waals surface area (Å²) in [6, 6.07) is 8.21. The van der Waals surface area contributed by atoms with Gasteiger partial charge in [0.15, 0.2) is 11.5 Å². The fourth-order valence-corrected chi connectivity index (χ4v) is 2.35. The lowest BCUT2D eigenvalue weighted by molar-refractivity contribution is 0.354. The first-order valence-electron chi connectivity index (χ1n) is 8.09. The Morgan fingerprint density at radius 3 is 2.46 bits per heavy atom. The molecule has 0 unspecified atom stereocenters. The lowest BCUT2D eigenvalue weighted by atomic mass is 10.1. The molecule has 0 saturated heterocycles. The van der Waals surface area contributed by atoms with E-state index in [2.05, 4.69) is 34.4 Å². The van der Waals surface area contributed by atoms with Gasteiger partial charge in [-0.2, -0.15) is 4.98 Å². The van der Waals surface area contributed by atoms with Crippen molar-refractivity contribution < 1.29 is 9.47 Å². The second-order valence-electron chi connectivity index (χ2n) is 5.88. The van der Waals surface area contributed by atoms with Crippen molar-refractivity contribution in [3.8, 4) is 11.5 Å². The van der Waals surface area contributed by atoms with Gasteiger partial charge in [0.25, 0.3) is 0 Å². The van der Waals surface area contributed by atoms with Gasteiger partial charge < -0.3 is 20.1 Å². The summed E-state index contributed by atoms with van der Waals surface area (Å²) in [7, 11) is 3.28. The Bertz CT molecular complexity index is 674. The van der Waals surface area contributed by atoms with Crippen LogP contribution in [0.3, 0.4) is 0 Å². The highest BCUT2D eigenvalue weighted by molar-refractivity contribution is 5.44. The van der Waals surface area contributed by atoms with Gasteiger partial charge in [0.1, 0.15) is 5.82 Å². The quantitative estimate of drug-likeness (QED) is 0.774. The van der Waals surface area contributed by atoms with Crippen LogP contribution in [0.15, 0.2) is 24.3 Å². The SMILES string of the molecule is COc1ccc(CCNc2cc(C)nc(NC(C)C)n2)cc1OC. The van der Waals surface area contributed by atoms with Gasteiger partial charge in [0, 0.05) is 24.3 Å². The van der Waals surface area contributed by atoms with E-state index in [1.165, 1.54) is 5.56 Å². The average molecular weight is 330 g/mol. The molecule has 1 aromatic carbocycles.